The topological polar surface area (TPSA) is 34.1 Å². The lowest BCUT2D eigenvalue weighted by Crippen LogP contribution is -2.29. The second-order valence-corrected chi connectivity index (χ2v) is 8.39. The maximum atomic E-state index is 12.7. The molecule has 2 rings (SSSR count). The molecule has 0 heterocycles. The van der Waals surface area contributed by atoms with Crippen LogP contribution in [0.1, 0.15) is 36.8 Å². The molecule has 0 aromatic heterocycles. The molecule has 1 aromatic carbocycles. The third-order valence-corrected chi connectivity index (χ3v) is 7.41. The quantitative estimate of drug-likeness (QED) is 0.772. The standard InChI is InChI=1S/C15H21BrO2S/c1-12-5-6-13(2)14(9-12)19(17,18)11-15(10-16)7-3-4-8-15/h5-6,9H,3-4,7-8,10-11H2,1-2H3. The van der Waals surface area contributed by atoms with Crippen molar-refractivity contribution in [3.63, 3.8) is 0 Å². The predicted octanol–water partition coefficient (Wildman–Crippen LogP) is 4.03. The van der Waals surface area contributed by atoms with E-state index < -0.39 is 9.84 Å². The monoisotopic (exact) mass is 344 g/mol. The lowest BCUT2D eigenvalue weighted by atomic mass is 9.92. The Hall–Kier alpha value is -0.350. The average molecular weight is 345 g/mol. The molecule has 1 fully saturated rings. The van der Waals surface area contributed by atoms with Crippen LogP contribution in [0.3, 0.4) is 0 Å². The molecule has 0 spiro atoms. The smallest absolute Gasteiger partial charge is 0.179 e. The lowest BCUT2D eigenvalue weighted by molar-refractivity contribution is 0.394. The third-order valence-electron chi connectivity index (χ3n) is 4.12. The Balaban J connectivity index is 2.34. The maximum Gasteiger partial charge on any atom is 0.179 e. The van der Waals surface area contributed by atoms with Crippen molar-refractivity contribution in [3.8, 4) is 0 Å². The first-order valence-electron chi connectivity index (χ1n) is 6.75. The van der Waals surface area contributed by atoms with Crippen LogP contribution in [0.15, 0.2) is 23.1 Å². The van der Waals surface area contributed by atoms with Crippen molar-refractivity contribution >= 4 is 25.8 Å². The molecule has 106 valence electrons. The predicted molar refractivity (Wildman–Crippen MR) is 82.7 cm³/mol. The van der Waals surface area contributed by atoms with E-state index in [9.17, 15) is 8.42 Å². The summed E-state index contributed by atoms with van der Waals surface area (Å²) in [4.78, 5) is 0.514. The molecule has 0 amide bonds. The van der Waals surface area contributed by atoms with Gasteiger partial charge in [0.25, 0.3) is 0 Å². The fourth-order valence-electron chi connectivity index (χ4n) is 2.96. The average Bonchev–Trinajstić information content (AvgIpc) is 2.80. The van der Waals surface area contributed by atoms with Crippen molar-refractivity contribution < 1.29 is 8.42 Å². The summed E-state index contributed by atoms with van der Waals surface area (Å²) in [6.07, 6.45) is 4.33. The number of halogens is 1. The van der Waals surface area contributed by atoms with Gasteiger partial charge in [0.15, 0.2) is 9.84 Å². The molecule has 0 unspecified atom stereocenters. The molecule has 1 aliphatic carbocycles. The van der Waals surface area contributed by atoms with Gasteiger partial charge in [-0.1, -0.05) is 40.9 Å². The van der Waals surface area contributed by atoms with Crippen LogP contribution in [0.2, 0.25) is 0 Å². The fourth-order valence-corrected chi connectivity index (χ4v) is 6.26. The van der Waals surface area contributed by atoms with Gasteiger partial charge in [-0.2, -0.15) is 0 Å². The maximum absolute atomic E-state index is 12.7. The molecule has 0 saturated heterocycles. The normalized spacial score (nSPS) is 18.7. The molecule has 0 N–H and O–H groups in total. The summed E-state index contributed by atoms with van der Waals surface area (Å²) in [5.74, 6) is 0.273. The summed E-state index contributed by atoms with van der Waals surface area (Å²) in [5, 5.41) is 0.782. The van der Waals surface area contributed by atoms with E-state index in [1.54, 1.807) is 0 Å². The van der Waals surface area contributed by atoms with E-state index in [4.69, 9.17) is 0 Å². The van der Waals surface area contributed by atoms with E-state index in [2.05, 4.69) is 15.9 Å². The van der Waals surface area contributed by atoms with Crippen LogP contribution in [-0.4, -0.2) is 19.5 Å². The summed E-state index contributed by atoms with van der Waals surface area (Å²) in [6.45, 7) is 3.82. The van der Waals surface area contributed by atoms with Gasteiger partial charge in [0, 0.05) is 5.33 Å². The van der Waals surface area contributed by atoms with Gasteiger partial charge in [-0.25, -0.2) is 8.42 Å². The molecule has 0 atom stereocenters. The molecule has 1 saturated carbocycles. The minimum atomic E-state index is -3.20. The Morgan fingerprint density at radius 3 is 2.42 bits per heavy atom. The van der Waals surface area contributed by atoms with Crippen molar-refractivity contribution in [2.45, 2.75) is 44.4 Å². The first-order valence-corrected chi connectivity index (χ1v) is 9.52. The second-order valence-electron chi connectivity index (χ2n) is 5.87. The Morgan fingerprint density at radius 1 is 1.21 bits per heavy atom. The van der Waals surface area contributed by atoms with E-state index in [-0.39, 0.29) is 11.2 Å². The number of rotatable bonds is 4. The Bertz CT molecular complexity index is 558. The van der Waals surface area contributed by atoms with E-state index in [1.165, 1.54) is 0 Å². The number of benzene rings is 1. The molecule has 0 bridgehead atoms. The molecule has 1 aliphatic rings. The molecule has 1 aromatic rings. The van der Waals surface area contributed by atoms with Crippen molar-refractivity contribution in [2.75, 3.05) is 11.1 Å². The number of hydrogen-bond donors (Lipinski definition) is 0. The number of hydrogen-bond acceptors (Lipinski definition) is 2. The summed E-state index contributed by atoms with van der Waals surface area (Å²) in [7, 11) is -3.20. The van der Waals surface area contributed by atoms with Crippen molar-refractivity contribution in [1.29, 1.82) is 0 Å². The minimum Gasteiger partial charge on any atom is -0.224 e. The van der Waals surface area contributed by atoms with E-state index in [0.717, 1.165) is 42.1 Å². The molecule has 0 radical (unpaired) electrons. The first-order chi connectivity index (χ1) is 8.88. The number of alkyl halides is 1. The van der Waals surface area contributed by atoms with E-state index >= 15 is 0 Å². The van der Waals surface area contributed by atoms with Gasteiger partial charge in [0.05, 0.1) is 10.6 Å². The van der Waals surface area contributed by atoms with Crippen LogP contribution in [0.4, 0.5) is 0 Å². The van der Waals surface area contributed by atoms with Gasteiger partial charge >= 0.3 is 0 Å². The fraction of sp³-hybridized carbons (Fsp3) is 0.600. The van der Waals surface area contributed by atoms with Crippen LogP contribution in [0, 0.1) is 19.3 Å². The molecular weight excluding hydrogens is 324 g/mol. The highest BCUT2D eigenvalue weighted by Crippen LogP contribution is 2.42. The van der Waals surface area contributed by atoms with Gasteiger partial charge < -0.3 is 0 Å². The highest BCUT2D eigenvalue weighted by molar-refractivity contribution is 9.09. The summed E-state index contributed by atoms with van der Waals surface area (Å²) < 4.78 is 25.4. The Labute approximate surface area is 124 Å². The second kappa shape index (κ2) is 5.57. The Morgan fingerprint density at radius 2 is 1.84 bits per heavy atom. The number of sulfone groups is 1. The van der Waals surface area contributed by atoms with Gasteiger partial charge in [0.1, 0.15) is 0 Å². The zero-order valence-electron chi connectivity index (χ0n) is 11.6. The largest absolute Gasteiger partial charge is 0.224 e. The van der Waals surface area contributed by atoms with Crippen LogP contribution < -0.4 is 0 Å². The number of aryl methyl sites for hydroxylation is 2. The van der Waals surface area contributed by atoms with Gasteiger partial charge in [0.2, 0.25) is 0 Å². The van der Waals surface area contributed by atoms with Gasteiger partial charge in [-0.3, -0.25) is 0 Å². The first kappa shape index (κ1) is 15.0. The summed E-state index contributed by atoms with van der Waals surface area (Å²) in [5.41, 5.74) is 1.80. The lowest BCUT2D eigenvalue weighted by Gasteiger charge is -2.26. The highest BCUT2D eigenvalue weighted by atomic mass is 79.9. The highest BCUT2D eigenvalue weighted by Gasteiger charge is 2.38. The van der Waals surface area contributed by atoms with Crippen LogP contribution in [-0.2, 0) is 9.84 Å². The zero-order chi connectivity index (χ0) is 14.1. The SMILES string of the molecule is Cc1ccc(C)c(S(=O)(=O)CC2(CBr)CCCC2)c1. The third kappa shape index (κ3) is 3.22. The van der Waals surface area contributed by atoms with Gasteiger partial charge in [-0.15, -0.1) is 0 Å². The zero-order valence-corrected chi connectivity index (χ0v) is 14.0. The van der Waals surface area contributed by atoms with E-state index in [0.29, 0.717) is 4.90 Å². The minimum absolute atomic E-state index is 0.0605. The summed E-state index contributed by atoms with van der Waals surface area (Å²) in [6, 6.07) is 5.67. The van der Waals surface area contributed by atoms with Crippen LogP contribution >= 0.6 is 15.9 Å². The molecular formula is C15H21BrO2S. The Kier molecular flexibility index (Phi) is 4.41. The summed E-state index contributed by atoms with van der Waals surface area (Å²) >= 11 is 3.53. The molecule has 0 aliphatic heterocycles. The van der Waals surface area contributed by atoms with Crippen molar-refractivity contribution in [3.05, 3.63) is 29.3 Å². The molecule has 2 nitrogen and oxygen atoms in total. The van der Waals surface area contributed by atoms with Crippen LogP contribution in [0.5, 0.6) is 0 Å². The van der Waals surface area contributed by atoms with Gasteiger partial charge in [-0.05, 0) is 49.3 Å². The molecule has 4 heteroatoms. The van der Waals surface area contributed by atoms with Crippen molar-refractivity contribution in [1.82, 2.24) is 0 Å². The van der Waals surface area contributed by atoms with Crippen molar-refractivity contribution in [2.24, 2.45) is 5.41 Å². The molecule has 19 heavy (non-hydrogen) atoms. The van der Waals surface area contributed by atoms with E-state index in [1.807, 2.05) is 32.0 Å². The van der Waals surface area contributed by atoms with Crippen LogP contribution in [0.25, 0.3) is 0 Å².